The molecular formula is C21H22N4O4. The first-order chi connectivity index (χ1) is 13.1. The van der Waals surface area contributed by atoms with Crippen molar-refractivity contribution in [1.82, 2.24) is 0 Å². The van der Waals surface area contributed by atoms with Gasteiger partial charge in [-0.15, -0.1) is 0 Å². The molecule has 0 aliphatic carbocycles. The SMILES string of the molecule is C.C.Cc1cc(-c2ccc(N=C=O)c(C)c2)ccc1N=C=O.O=C=NCN=C=O. The Morgan fingerprint density at radius 2 is 1.03 bits per heavy atom. The highest BCUT2D eigenvalue weighted by atomic mass is 16.1. The number of aryl methyl sites for hydroxylation is 2. The number of aliphatic imine (C=N–C) groups is 4. The summed E-state index contributed by atoms with van der Waals surface area (Å²) in [6, 6.07) is 11.2. The molecule has 2 aromatic carbocycles. The van der Waals surface area contributed by atoms with Gasteiger partial charge in [-0.1, -0.05) is 27.0 Å². The summed E-state index contributed by atoms with van der Waals surface area (Å²) in [4.78, 5) is 52.1. The standard InChI is InChI=1S/C16H12N2O2.C3H2N2O2.2CH4/c1-11-7-13(3-5-15(11)17-9-19)14-4-6-16(18-10-20)12(2)8-14;6-2-4-1-5-3-7;;/h3-8H,1-2H3;1H2;2*1H4. The van der Waals surface area contributed by atoms with Gasteiger partial charge < -0.3 is 0 Å². The topological polar surface area (TPSA) is 118 Å². The molecule has 0 aromatic heterocycles. The lowest BCUT2D eigenvalue weighted by molar-refractivity contribution is 0.560. The van der Waals surface area contributed by atoms with Crippen molar-refractivity contribution in [2.45, 2.75) is 28.7 Å². The zero-order chi connectivity index (χ0) is 20.1. The molecule has 0 fully saturated rings. The maximum absolute atomic E-state index is 10.3. The third kappa shape index (κ3) is 8.94. The van der Waals surface area contributed by atoms with E-state index in [1.54, 1.807) is 24.3 Å². The first kappa shape index (κ1) is 27.2. The normalized spacial score (nSPS) is 7.93. The lowest BCUT2D eigenvalue weighted by Gasteiger charge is -2.07. The first-order valence-corrected chi connectivity index (χ1v) is 7.52. The minimum atomic E-state index is -0.160. The van der Waals surface area contributed by atoms with Gasteiger partial charge in [0.15, 0.2) is 6.67 Å². The molecule has 0 atom stereocenters. The van der Waals surface area contributed by atoms with E-state index >= 15 is 0 Å². The van der Waals surface area contributed by atoms with E-state index in [1.807, 2.05) is 38.1 Å². The van der Waals surface area contributed by atoms with Gasteiger partial charge in [0.1, 0.15) is 0 Å². The number of rotatable bonds is 5. The van der Waals surface area contributed by atoms with Gasteiger partial charge in [0, 0.05) is 0 Å². The maximum atomic E-state index is 10.3. The van der Waals surface area contributed by atoms with Gasteiger partial charge in [0.05, 0.1) is 11.4 Å². The van der Waals surface area contributed by atoms with E-state index in [4.69, 9.17) is 0 Å². The molecule has 8 heteroatoms. The van der Waals surface area contributed by atoms with E-state index in [2.05, 4.69) is 20.0 Å². The molecule has 0 aliphatic heterocycles. The maximum Gasteiger partial charge on any atom is 0.240 e. The molecule has 0 saturated carbocycles. The number of hydrogen-bond acceptors (Lipinski definition) is 8. The smallest absolute Gasteiger partial charge is 0.211 e. The Hall–Kier alpha value is -4.04. The molecule has 0 heterocycles. The second-order valence-corrected chi connectivity index (χ2v) is 5.05. The van der Waals surface area contributed by atoms with E-state index in [9.17, 15) is 19.2 Å². The van der Waals surface area contributed by atoms with Gasteiger partial charge in [0.2, 0.25) is 24.3 Å². The molecule has 0 unspecified atom stereocenters. The molecule has 0 radical (unpaired) electrons. The molecule has 0 N–H and O–H groups in total. The third-order valence-electron chi connectivity index (χ3n) is 3.33. The van der Waals surface area contributed by atoms with Crippen LogP contribution >= 0.6 is 0 Å². The summed E-state index contributed by atoms with van der Waals surface area (Å²) in [5, 5.41) is 0. The average molecular weight is 394 g/mol. The summed E-state index contributed by atoms with van der Waals surface area (Å²) in [6.45, 7) is 3.61. The van der Waals surface area contributed by atoms with Crippen molar-refractivity contribution in [3.05, 3.63) is 47.5 Å². The minimum Gasteiger partial charge on any atom is -0.211 e. The lowest BCUT2D eigenvalue weighted by atomic mass is 10.00. The van der Waals surface area contributed by atoms with Crippen molar-refractivity contribution in [1.29, 1.82) is 0 Å². The molecule has 0 amide bonds. The summed E-state index contributed by atoms with van der Waals surface area (Å²) in [6.07, 6.45) is 5.49. The van der Waals surface area contributed by atoms with Crippen LogP contribution in [0.15, 0.2) is 56.4 Å². The predicted octanol–water partition coefficient (Wildman–Crippen LogP) is 4.79. The van der Waals surface area contributed by atoms with Crippen LogP contribution in [0, 0.1) is 13.8 Å². The van der Waals surface area contributed by atoms with E-state index in [0.717, 1.165) is 22.3 Å². The first-order valence-electron chi connectivity index (χ1n) is 7.52. The Labute approximate surface area is 169 Å². The molecule has 0 saturated heterocycles. The average Bonchev–Trinajstić information content (AvgIpc) is 2.66. The van der Waals surface area contributed by atoms with Crippen LogP contribution in [0.1, 0.15) is 26.0 Å². The van der Waals surface area contributed by atoms with Gasteiger partial charge in [-0.25, -0.2) is 19.2 Å². The lowest BCUT2D eigenvalue weighted by Crippen LogP contribution is -1.83. The largest absolute Gasteiger partial charge is 0.240 e. The highest BCUT2D eigenvalue weighted by Gasteiger charge is 2.04. The van der Waals surface area contributed by atoms with Crippen molar-refractivity contribution in [3.63, 3.8) is 0 Å². The summed E-state index contributed by atoms with van der Waals surface area (Å²) in [5.41, 5.74) is 5.05. The molecular weight excluding hydrogens is 372 g/mol. The van der Waals surface area contributed by atoms with E-state index < -0.39 is 0 Å². The highest BCUT2D eigenvalue weighted by molar-refractivity contribution is 5.71. The van der Waals surface area contributed by atoms with Crippen molar-refractivity contribution >= 4 is 35.7 Å². The van der Waals surface area contributed by atoms with Gasteiger partial charge >= 0.3 is 0 Å². The molecule has 2 aromatic rings. The summed E-state index contributed by atoms with van der Waals surface area (Å²) >= 11 is 0. The molecule has 0 aliphatic rings. The third-order valence-corrected chi connectivity index (χ3v) is 3.33. The predicted molar refractivity (Wildman–Crippen MR) is 111 cm³/mol. The van der Waals surface area contributed by atoms with Crippen LogP contribution in [0.2, 0.25) is 0 Å². The Balaban J connectivity index is 0. The van der Waals surface area contributed by atoms with Crippen LogP contribution in [0.4, 0.5) is 11.4 Å². The second-order valence-electron chi connectivity index (χ2n) is 5.05. The van der Waals surface area contributed by atoms with Crippen LogP contribution in [-0.4, -0.2) is 31.0 Å². The van der Waals surface area contributed by atoms with Gasteiger partial charge in [-0.05, 0) is 60.4 Å². The fraction of sp³-hybridized carbons (Fsp3) is 0.238. The van der Waals surface area contributed by atoms with E-state index in [1.165, 1.54) is 12.2 Å². The van der Waals surface area contributed by atoms with Crippen molar-refractivity contribution in [2.24, 2.45) is 20.0 Å². The molecule has 150 valence electrons. The number of carbonyl (C=O) groups excluding carboxylic acids is 4. The van der Waals surface area contributed by atoms with Crippen LogP contribution < -0.4 is 0 Å². The molecule has 0 bridgehead atoms. The Kier molecular flexibility index (Phi) is 14.1. The van der Waals surface area contributed by atoms with Gasteiger partial charge in [0.25, 0.3) is 0 Å². The van der Waals surface area contributed by atoms with Crippen LogP contribution in [-0.2, 0) is 19.2 Å². The van der Waals surface area contributed by atoms with Crippen LogP contribution in [0.3, 0.4) is 0 Å². The van der Waals surface area contributed by atoms with Crippen molar-refractivity contribution < 1.29 is 19.2 Å². The Morgan fingerprint density at radius 3 is 1.31 bits per heavy atom. The van der Waals surface area contributed by atoms with Gasteiger partial charge in [-0.3, -0.25) is 0 Å². The van der Waals surface area contributed by atoms with Gasteiger partial charge in [-0.2, -0.15) is 20.0 Å². The zero-order valence-corrected chi connectivity index (χ0v) is 14.6. The molecule has 0 spiro atoms. The van der Waals surface area contributed by atoms with Crippen molar-refractivity contribution in [2.75, 3.05) is 6.67 Å². The molecule has 29 heavy (non-hydrogen) atoms. The highest BCUT2D eigenvalue weighted by Crippen LogP contribution is 2.29. The van der Waals surface area contributed by atoms with E-state index in [0.29, 0.717) is 11.4 Å². The molecule has 8 nitrogen and oxygen atoms in total. The number of hydrogen-bond donors (Lipinski definition) is 0. The Bertz CT molecular complexity index is 926. The number of isocyanates is 4. The summed E-state index contributed by atoms with van der Waals surface area (Å²) in [5.74, 6) is 0. The molecule has 2 rings (SSSR count). The summed E-state index contributed by atoms with van der Waals surface area (Å²) < 4.78 is 0. The van der Waals surface area contributed by atoms with Crippen molar-refractivity contribution in [3.8, 4) is 11.1 Å². The second kappa shape index (κ2) is 15.1. The van der Waals surface area contributed by atoms with E-state index in [-0.39, 0.29) is 21.5 Å². The number of benzene rings is 2. The minimum absolute atomic E-state index is 0. The summed E-state index contributed by atoms with van der Waals surface area (Å²) in [7, 11) is 0. The Morgan fingerprint density at radius 1 is 0.655 bits per heavy atom. The van der Waals surface area contributed by atoms with Crippen LogP contribution in [0.5, 0.6) is 0 Å². The fourth-order valence-electron chi connectivity index (χ4n) is 2.11. The monoisotopic (exact) mass is 394 g/mol. The van der Waals surface area contributed by atoms with Crippen LogP contribution in [0.25, 0.3) is 11.1 Å². The quantitative estimate of drug-likeness (QED) is 0.535. The number of nitrogens with zero attached hydrogens (tertiary/aromatic N) is 4. The fourth-order valence-corrected chi connectivity index (χ4v) is 2.11. The zero-order valence-electron chi connectivity index (χ0n) is 14.6.